The van der Waals surface area contributed by atoms with Gasteiger partial charge in [0.05, 0.1) is 0 Å². The summed E-state index contributed by atoms with van der Waals surface area (Å²) >= 11 is 3.46. The van der Waals surface area contributed by atoms with E-state index in [0.29, 0.717) is 11.4 Å². The number of hydrogen-bond donors (Lipinski definition) is 2. The molecule has 0 aliphatic carbocycles. The molecule has 1 aromatic carbocycles. The van der Waals surface area contributed by atoms with Gasteiger partial charge in [-0.05, 0) is 50.1 Å². The van der Waals surface area contributed by atoms with Crippen LogP contribution in [0.1, 0.15) is 27.2 Å². The molecule has 0 unspecified atom stereocenters. The number of carbonyl (C=O) groups is 1. The number of hydrogen-bond acceptors (Lipinski definition) is 3. The van der Waals surface area contributed by atoms with Crippen LogP contribution in [0.2, 0.25) is 0 Å². The second kappa shape index (κ2) is 5.63. The zero-order valence-electron chi connectivity index (χ0n) is 11.5. The average Bonchev–Trinajstić information content (AvgIpc) is 2.33. The highest BCUT2D eigenvalue weighted by Gasteiger charge is 2.16. The smallest absolute Gasteiger partial charge is 0.339 e. The fourth-order valence-electron chi connectivity index (χ4n) is 2.07. The molecule has 2 N–H and O–H groups in total. The van der Waals surface area contributed by atoms with Crippen LogP contribution in [0.15, 0.2) is 28.7 Å². The van der Waals surface area contributed by atoms with Crippen LogP contribution in [-0.4, -0.2) is 16.1 Å². The van der Waals surface area contributed by atoms with Crippen molar-refractivity contribution >= 4 is 33.4 Å². The Kier molecular flexibility index (Phi) is 4.09. The van der Waals surface area contributed by atoms with Crippen molar-refractivity contribution in [2.45, 2.75) is 20.8 Å². The highest BCUT2D eigenvalue weighted by atomic mass is 79.9. The van der Waals surface area contributed by atoms with Crippen molar-refractivity contribution in [3.05, 3.63) is 51.1 Å². The number of pyridine rings is 1. The molecule has 1 aromatic heterocycles. The van der Waals surface area contributed by atoms with Crippen LogP contribution in [0.5, 0.6) is 0 Å². The Morgan fingerprint density at radius 3 is 2.65 bits per heavy atom. The zero-order valence-corrected chi connectivity index (χ0v) is 13.1. The molecule has 4 nitrogen and oxygen atoms in total. The lowest BCUT2D eigenvalue weighted by molar-refractivity contribution is 0.0697. The van der Waals surface area contributed by atoms with Gasteiger partial charge in [0.15, 0.2) is 0 Å². The SMILES string of the molecule is Cc1cc(C)c(C(=O)O)c(Nc2cccc(Br)c2C)n1. The molecule has 20 heavy (non-hydrogen) atoms. The van der Waals surface area contributed by atoms with Gasteiger partial charge in [-0.1, -0.05) is 22.0 Å². The van der Waals surface area contributed by atoms with E-state index in [1.165, 1.54) is 0 Å². The number of carboxylic acid groups (broad SMARTS) is 1. The number of nitrogens with zero attached hydrogens (tertiary/aromatic N) is 1. The number of aryl methyl sites for hydroxylation is 2. The first-order valence-corrected chi connectivity index (χ1v) is 6.93. The van der Waals surface area contributed by atoms with Crippen LogP contribution in [0.4, 0.5) is 11.5 Å². The lowest BCUT2D eigenvalue weighted by atomic mass is 10.1. The monoisotopic (exact) mass is 334 g/mol. The Morgan fingerprint density at radius 2 is 2.00 bits per heavy atom. The number of anilines is 2. The number of carboxylic acids is 1. The summed E-state index contributed by atoms with van der Waals surface area (Å²) in [5.41, 5.74) is 3.52. The van der Waals surface area contributed by atoms with Crippen molar-refractivity contribution in [3.63, 3.8) is 0 Å². The molecule has 0 saturated carbocycles. The van der Waals surface area contributed by atoms with Gasteiger partial charge in [-0.3, -0.25) is 0 Å². The molecule has 0 amide bonds. The summed E-state index contributed by atoms with van der Waals surface area (Å²) in [5, 5.41) is 12.5. The molecule has 0 aliphatic rings. The van der Waals surface area contributed by atoms with Crippen LogP contribution in [-0.2, 0) is 0 Å². The number of rotatable bonds is 3. The Labute approximate surface area is 126 Å². The third-order valence-electron chi connectivity index (χ3n) is 3.08. The lowest BCUT2D eigenvalue weighted by Crippen LogP contribution is -2.09. The Morgan fingerprint density at radius 1 is 1.30 bits per heavy atom. The van der Waals surface area contributed by atoms with Crippen LogP contribution in [0.3, 0.4) is 0 Å². The minimum Gasteiger partial charge on any atom is -0.478 e. The lowest BCUT2D eigenvalue weighted by Gasteiger charge is -2.14. The first kappa shape index (κ1) is 14.5. The van der Waals surface area contributed by atoms with Crippen LogP contribution in [0.25, 0.3) is 0 Å². The van der Waals surface area contributed by atoms with E-state index in [1.54, 1.807) is 13.0 Å². The summed E-state index contributed by atoms with van der Waals surface area (Å²) < 4.78 is 0.962. The van der Waals surface area contributed by atoms with E-state index in [9.17, 15) is 9.90 Å². The normalized spacial score (nSPS) is 10.4. The quantitative estimate of drug-likeness (QED) is 0.882. The summed E-state index contributed by atoms with van der Waals surface area (Å²) in [6.45, 7) is 5.57. The molecule has 2 rings (SSSR count). The fraction of sp³-hybridized carbons (Fsp3) is 0.200. The largest absolute Gasteiger partial charge is 0.478 e. The van der Waals surface area contributed by atoms with Gasteiger partial charge in [0.2, 0.25) is 0 Å². The number of benzene rings is 1. The molecule has 2 aromatic rings. The maximum atomic E-state index is 11.4. The maximum Gasteiger partial charge on any atom is 0.339 e. The molecular formula is C15H15BrN2O2. The van der Waals surface area contributed by atoms with E-state index in [-0.39, 0.29) is 5.56 Å². The molecule has 0 fully saturated rings. The summed E-state index contributed by atoms with van der Waals surface area (Å²) in [6, 6.07) is 7.49. The van der Waals surface area contributed by atoms with Crippen molar-refractivity contribution in [3.8, 4) is 0 Å². The van der Waals surface area contributed by atoms with Gasteiger partial charge in [-0.25, -0.2) is 9.78 Å². The van der Waals surface area contributed by atoms with Gasteiger partial charge in [-0.15, -0.1) is 0 Å². The first-order valence-electron chi connectivity index (χ1n) is 6.14. The van der Waals surface area contributed by atoms with Gasteiger partial charge in [0.1, 0.15) is 11.4 Å². The van der Waals surface area contributed by atoms with Crippen LogP contribution >= 0.6 is 15.9 Å². The second-order valence-corrected chi connectivity index (χ2v) is 5.50. The number of aromatic carboxylic acids is 1. The Bertz CT molecular complexity index is 684. The fourth-order valence-corrected chi connectivity index (χ4v) is 2.43. The van der Waals surface area contributed by atoms with Crippen molar-refractivity contribution in [1.29, 1.82) is 0 Å². The molecule has 0 atom stereocenters. The van der Waals surface area contributed by atoms with E-state index in [2.05, 4.69) is 26.2 Å². The van der Waals surface area contributed by atoms with E-state index in [1.807, 2.05) is 32.0 Å². The Hall–Kier alpha value is -1.88. The highest BCUT2D eigenvalue weighted by molar-refractivity contribution is 9.10. The molecule has 1 heterocycles. The highest BCUT2D eigenvalue weighted by Crippen LogP contribution is 2.28. The summed E-state index contributed by atoms with van der Waals surface area (Å²) in [7, 11) is 0. The van der Waals surface area contributed by atoms with E-state index in [0.717, 1.165) is 21.4 Å². The minimum absolute atomic E-state index is 0.204. The third-order valence-corrected chi connectivity index (χ3v) is 3.94. The van der Waals surface area contributed by atoms with Crippen LogP contribution < -0.4 is 5.32 Å². The molecule has 5 heteroatoms. The number of halogens is 1. The minimum atomic E-state index is -0.981. The summed E-state index contributed by atoms with van der Waals surface area (Å²) in [5.74, 6) is -0.610. The van der Waals surface area contributed by atoms with Crippen molar-refractivity contribution in [2.24, 2.45) is 0 Å². The standard InChI is InChI=1S/C15H15BrN2O2/c1-8-7-9(2)17-14(13(8)15(19)20)18-12-6-4-5-11(16)10(12)3/h4-7H,1-3H3,(H,17,18)(H,19,20). The molecule has 104 valence electrons. The van der Waals surface area contributed by atoms with Crippen molar-refractivity contribution in [1.82, 2.24) is 4.98 Å². The van der Waals surface area contributed by atoms with E-state index >= 15 is 0 Å². The molecule has 0 bridgehead atoms. The molecule has 0 radical (unpaired) electrons. The van der Waals surface area contributed by atoms with Gasteiger partial charge < -0.3 is 10.4 Å². The Balaban J connectivity index is 2.53. The molecule has 0 saturated heterocycles. The topological polar surface area (TPSA) is 62.2 Å². The maximum absolute atomic E-state index is 11.4. The summed E-state index contributed by atoms with van der Waals surface area (Å²) in [4.78, 5) is 15.7. The average molecular weight is 335 g/mol. The van der Waals surface area contributed by atoms with Crippen molar-refractivity contribution in [2.75, 3.05) is 5.32 Å². The van der Waals surface area contributed by atoms with E-state index < -0.39 is 5.97 Å². The second-order valence-electron chi connectivity index (χ2n) is 4.65. The molecular weight excluding hydrogens is 320 g/mol. The van der Waals surface area contributed by atoms with Crippen LogP contribution in [0, 0.1) is 20.8 Å². The molecule has 0 aliphatic heterocycles. The summed E-state index contributed by atoms with van der Waals surface area (Å²) in [6.07, 6.45) is 0. The predicted molar refractivity (Wildman–Crippen MR) is 82.8 cm³/mol. The van der Waals surface area contributed by atoms with Gasteiger partial charge in [-0.2, -0.15) is 0 Å². The van der Waals surface area contributed by atoms with Gasteiger partial charge in [0, 0.05) is 15.9 Å². The van der Waals surface area contributed by atoms with E-state index in [4.69, 9.17) is 0 Å². The van der Waals surface area contributed by atoms with Crippen molar-refractivity contribution < 1.29 is 9.90 Å². The number of aromatic nitrogens is 1. The molecule has 0 spiro atoms. The third kappa shape index (κ3) is 2.82. The van der Waals surface area contributed by atoms with Gasteiger partial charge >= 0.3 is 5.97 Å². The number of nitrogens with one attached hydrogen (secondary N) is 1. The van der Waals surface area contributed by atoms with Gasteiger partial charge in [0.25, 0.3) is 0 Å². The zero-order chi connectivity index (χ0) is 14.9. The predicted octanol–water partition coefficient (Wildman–Crippen LogP) is 4.21. The first-order chi connectivity index (χ1) is 9.40.